The Labute approximate surface area is 209 Å². The van der Waals surface area contributed by atoms with Crippen LogP contribution in [0.15, 0.2) is 65.9 Å². The van der Waals surface area contributed by atoms with Crippen LogP contribution in [0.4, 0.5) is 11.4 Å². The fraction of sp³-hybridized carbons (Fsp3) is 0.276. The Balaban J connectivity index is 1.64. The highest BCUT2D eigenvalue weighted by atomic mass is 35.5. The van der Waals surface area contributed by atoms with Crippen LogP contribution in [-0.4, -0.2) is 20.6 Å². The van der Waals surface area contributed by atoms with Crippen LogP contribution in [0.1, 0.15) is 44.9 Å². The first-order chi connectivity index (χ1) is 17.3. The lowest BCUT2D eigenvalue weighted by molar-refractivity contribution is 0.437. The Morgan fingerprint density at radius 1 is 0.971 bits per heavy atom. The molecule has 35 heavy (non-hydrogen) atoms. The number of anilines is 2. The molecule has 6 heteroatoms. The summed E-state index contributed by atoms with van der Waals surface area (Å²) >= 11 is 6.73. The molecule has 0 unspecified atom stereocenters. The van der Waals surface area contributed by atoms with Crippen LogP contribution in [0, 0.1) is 0 Å². The number of aromatic nitrogens is 3. The van der Waals surface area contributed by atoms with E-state index in [1.54, 1.807) is 6.20 Å². The largest absolute Gasteiger partial charge is 0.352 e. The van der Waals surface area contributed by atoms with Gasteiger partial charge in [0, 0.05) is 6.20 Å². The van der Waals surface area contributed by atoms with E-state index in [0.717, 1.165) is 75.2 Å². The van der Waals surface area contributed by atoms with Crippen molar-refractivity contribution in [1.82, 2.24) is 14.5 Å². The molecule has 1 fully saturated rings. The number of hydrogen-bond donors (Lipinski definition) is 1. The summed E-state index contributed by atoms with van der Waals surface area (Å²) in [6.07, 6.45) is 16.2. The maximum absolute atomic E-state index is 6.73. The molecule has 1 aromatic carbocycles. The smallest absolute Gasteiger partial charge is 0.0900 e. The first kappa shape index (κ1) is 22.1. The minimum Gasteiger partial charge on any atom is -0.352 e. The minimum atomic E-state index is 0.342. The maximum atomic E-state index is 6.73. The van der Waals surface area contributed by atoms with Crippen LogP contribution in [-0.2, 0) is 0 Å². The zero-order valence-electron chi connectivity index (χ0n) is 19.6. The summed E-state index contributed by atoms with van der Waals surface area (Å²) in [6, 6.07) is 16.6. The monoisotopic (exact) mass is 481 g/mol. The first-order valence-corrected chi connectivity index (χ1v) is 12.9. The van der Waals surface area contributed by atoms with Crippen molar-refractivity contribution in [3.63, 3.8) is 0 Å². The van der Waals surface area contributed by atoms with E-state index < -0.39 is 0 Å². The van der Waals surface area contributed by atoms with E-state index in [2.05, 4.69) is 45.2 Å². The van der Waals surface area contributed by atoms with E-state index >= 15 is 0 Å². The Bertz CT molecular complexity index is 1520. The van der Waals surface area contributed by atoms with Gasteiger partial charge in [0.2, 0.25) is 0 Å². The molecule has 2 aromatic rings. The summed E-state index contributed by atoms with van der Waals surface area (Å²) in [4.78, 5) is 14.6. The SMILES string of the molecule is Clc1ccccc1-n1c2cc(=NC3CCCCC3)c(Nc3cccnc3)cc-2nc2c1=CCCC=2. The molecule has 1 N–H and O–H groups in total. The standard InChI is InChI=1S/C29H28ClN5/c30-22-12-4-6-14-27(22)35-28-15-7-5-13-23(28)34-26-17-24(33-21-11-8-16-31-19-21)25(18-29(26)35)32-20-9-2-1-3-10-20/h4,6,8,11-20,33H,1-3,5,7,9-10H2. The molecular weight excluding hydrogens is 454 g/mol. The number of rotatable bonds is 4. The van der Waals surface area contributed by atoms with E-state index in [9.17, 15) is 0 Å². The van der Waals surface area contributed by atoms with Gasteiger partial charge in [-0.05, 0) is 62.1 Å². The highest BCUT2D eigenvalue weighted by molar-refractivity contribution is 6.32. The van der Waals surface area contributed by atoms with Crippen molar-refractivity contribution >= 4 is 35.1 Å². The number of nitrogens with one attached hydrogen (secondary N) is 1. The van der Waals surface area contributed by atoms with Crippen molar-refractivity contribution in [1.29, 1.82) is 0 Å². The Kier molecular flexibility index (Phi) is 6.09. The highest BCUT2D eigenvalue weighted by Crippen LogP contribution is 2.27. The van der Waals surface area contributed by atoms with Gasteiger partial charge < -0.3 is 9.88 Å². The molecule has 0 spiro atoms. The van der Waals surface area contributed by atoms with Crippen molar-refractivity contribution in [3.8, 4) is 17.1 Å². The van der Waals surface area contributed by atoms with Crippen LogP contribution in [0.5, 0.6) is 0 Å². The van der Waals surface area contributed by atoms with Gasteiger partial charge in [-0.1, -0.05) is 55.1 Å². The predicted octanol–water partition coefficient (Wildman–Crippen LogP) is 5.36. The lowest BCUT2D eigenvalue weighted by Gasteiger charge is -2.22. The van der Waals surface area contributed by atoms with Gasteiger partial charge in [0.15, 0.2) is 0 Å². The third-order valence-corrected chi connectivity index (χ3v) is 7.17. The number of para-hydroxylation sites is 1. The Hall–Kier alpha value is -3.44. The van der Waals surface area contributed by atoms with Gasteiger partial charge in [-0.2, -0.15) is 0 Å². The van der Waals surface area contributed by atoms with Crippen LogP contribution >= 0.6 is 11.6 Å². The van der Waals surface area contributed by atoms with Crippen molar-refractivity contribution in [2.24, 2.45) is 4.99 Å². The van der Waals surface area contributed by atoms with Gasteiger partial charge in [-0.3, -0.25) is 9.98 Å². The zero-order valence-corrected chi connectivity index (χ0v) is 20.4. The van der Waals surface area contributed by atoms with Crippen LogP contribution in [0.2, 0.25) is 5.02 Å². The average molecular weight is 482 g/mol. The fourth-order valence-corrected chi connectivity index (χ4v) is 5.37. The van der Waals surface area contributed by atoms with Gasteiger partial charge in [0.1, 0.15) is 0 Å². The third-order valence-electron chi connectivity index (χ3n) is 6.85. The number of pyridine rings is 1. The van der Waals surface area contributed by atoms with Crippen molar-refractivity contribution in [2.75, 3.05) is 5.32 Å². The van der Waals surface area contributed by atoms with Gasteiger partial charge >= 0.3 is 0 Å². The lowest BCUT2D eigenvalue weighted by atomic mass is 9.96. The van der Waals surface area contributed by atoms with Crippen LogP contribution < -0.4 is 21.4 Å². The molecule has 5 nitrogen and oxygen atoms in total. The van der Waals surface area contributed by atoms with E-state index in [1.165, 1.54) is 19.3 Å². The molecule has 0 bridgehead atoms. The molecule has 0 saturated heterocycles. The second kappa shape index (κ2) is 9.67. The summed E-state index contributed by atoms with van der Waals surface area (Å²) in [7, 11) is 0. The number of hydrogen-bond acceptors (Lipinski definition) is 4. The molecule has 2 heterocycles. The molecule has 6 rings (SSSR count). The fourth-order valence-electron chi connectivity index (χ4n) is 5.15. The normalized spacial score (nSPS) is 16.4. The molecule has 4 aliphatic rings. The van der Waals surface area contributed by atoms with Gasteiger partial charge in [0.05, 0.1) is 61.8 Å². The summed E-state index contributed by atoms with van der Waals surface area (Å²) < 4.78 is 2.25. The Morgan fingerprint density at radius 2 is 1.83 bits per heavy atom. The lowest BCUT2D eigenvalue weighted by Crippen LogP contribution is -2.40. The Morgan fingerprint density at radius 3 is 2.66 bits per heavy atom. The van der Waals surface area contributed by atoms with Gasteiger partial charge in [-0.25, -0.2) is 4.98 Å². The molecule has 3 aliphatic carbocycles. The number of fused-ring (bicyclic) bond motifs is 2. The second-order valence-corrected chi connectivity index (χ2v) is 9.71. The summed E-state index contributed by atoms with van der Waals surface area (Å²) in [6.45, 7) is 0. The predicted molar refractivity (Wildman–Crippen MR) is 143 cm³/mol. The van der Waals surface area contributed by atoms with Gasteiger partial charge in [0.25, 0.3) is 0 Å². The quantitative estimate of drug-likeness (QED) is 0.427. The number of halogens is 1. The molecule has 1 aromatic heterocycles. The van der Waals surface area contributed by atoms with Crippen LogP contribution in [0.25, 0.3) is 29.2 Å². The summed E-state index contributed by atoms with van der Waals surface area (Å²) in [5.74, 6) is 0. The first-order valence-electron chi connectivity index (χ1n) is 12.5. The molecule has 0 radical (unpaired) electrons. The third kappa shape index (κ3) is 4.48. The number of nitrogens with zero attached hydrogens (tertiary/aromatic N) is 4. The molecule has 0 amide bonds. The van der Waals surface area contributed by atoms with E-state index in [-0.39, 0.29) is 0 Å². The second-order valence-electron chi connectivity index (χ2n) is 9.30. The highest BCUT2D eigenvalue weighted by Gasteiger charge is 2.19. The molecule has 176 valence electrons. The molecule has 1 saturated carbocycles. The maximum Gasteiger partial charge on any atom is 0.0900 e. The average Bonchev–Trinajstić information content (AvgIpc) is 2.90. The molecule has 1 aliphatic heterocycles. The van der Waals surface area contributed by atoms with Crippen molar-refractivity contribution in [2.45, 2.75) is 51.0 Å². The zero-order chi connectivity index (χ0) is 23.6. The summed E-state index contributed by atoms with van der Waals surface area (Å²) in [5, 5.41) is 7.31. The van der Waals surface area contributed by atoms with Crippen molar-refractivity contribution < 1.29 is 0 Å². The van der Waals surface area contributed by atoms with Gasteiger partial charge in [-0.15, -0.1) is 0 Å². The van der Waals surface area contributed by atoms with E-state index in [1.807, 2.05) is 36.5 Å². The topological polar surface area (TPSA) is 55.1 Å². The van der Waals surface area contributed by atoms with Crippen molar-refractivity contribution in [3.05, 3.63) is 82.0 Å². The molecular formula is C29H28ClN5. The minimum absolute atomic E-state index is 0.342. The van der Waals surface area contributed by atoms with Crippen LogP contribution in [0.3, 0.4) is 0 Å². The van der Waals surface area contributed by atoms with E-state index in [4.69, 9.17) is 21.6 Å². The number of benzene rings is 2. The van der Waals surface area contributed by atoms with E-state index in [0.29, 0.717) is 6.04 Å². The summed E-state index contributed by atoms with van der Waals surface area (Å²) in [5.41, 5.74) is 4.76. The molecule has 0 atom stereocenters.